The van der Waals surface area contributed by atoms with Gasteiger partial charge in [0.2, 0.25) is 5.91 Å². The Hall–Kier alpha value is -2.68. The Morgan fingerprint density at radius 3 is 2.19 bits per heavy atom. The van der Waals surface area contributed by atoms with Gasteiger partial charge in [-0.15, -0.1) is 0 Å². The van der Waals surface area contributed by atoms with Crippen LogP contribution in [0.1, 0.15) is 37.4 Å². The summed E-state index contributed by atoms with van der Waals surface area (Å²) in [6.45, 7) is 4.19. The van der Waals surface area contributed by atoms with Gasteiger partial charge in [0.1, 0.15) is 0 Å². The first-order chi connectivity index (χ1) is 12.5. The fraction of sp³-hybridized carbons (Fsp3) is 0.304. The molecule has 0 radical (unpaired) electrons. The van der Waals surface area contributed by atoms with Crippen molar-refractivity contribution in [1.82, 2.24) is 4.90 Å². The van der Waals surface area contributed by atoms with E-state index in [9.17, 15) is 9.59 Å². The third-order valence-corrected chi connectivity index (χ3v) is 5.82. The van der Waals surface area contributed by atoms with Gasteiger partial charge < -0.3 is 4.90 Å². The van der Waals surface area contributed by atoms with E-state index >= 15 is 0 Å². The molecule has 3 nitrogen and oxygen atoms in total. The smallest absolute Gasteiger partial charge is 0.231 e. The topological polar surface area (TPSA) is 37.4 Å². The van der Waals surface area contributed by atoms with Gasteiger partial charge in [-0.2, -0.15) is 0 Å². The highest BCUT2D eigenvalue weighted by atomic mass is 16.2. The molecule has 26 heavy (non-hydrogen) atoms. The Morgan fingerprint density at radius 1 is 0.923 bits per heavy atom. The van der Waals surface area contributed by atoms with Crippen LogP contribution in [0, 0.1) is 11.8 Å². The summed E-state index contributed by atoms with van der Waals surface area (Å²) in [4.78, 5) is 27.5. The Balaban J connectivity index is 1.85. The van der Waals surface area contributed by atoms with Crippen molar-refractivity contribution in [3.8, 4) is 0 Å². The third kappa shape index (κ3) is 2.59. The molecule has 1 heterocycles. The minimum absolute atomic E-state index is 0.00890. The van der Waals surface area contributed by atoms with E-state index in [0.717, 1.165) is 11.1 Å². The average molecular weight is 345 g/mol. The maximum absolute atomic E-state index is 13.4. The van der Waals surface area contributed by atoms with Gasteiger partial charge in [-0.25, -0.2) is 0 Å². The number of carbonyl (C=O) groups excluding carboxylic acids is 2. The molecular weight excluding hydrogens is 322 g/mol. The molecule has 0 N–H and O–H groups in total. The number of allylic oxidation sites excluding steroid dienone is 1. The number of benzene rings is 2. The molecule has 1 aliphatic heterocycles. The SMILES string of the molecule is CC(C)(c1ccccc1)N1C(=O)[C@@H]2C=CC(=O)C[C@@H]2C1c1ccccc1. The van der Waals surface area contributed by atoms with Crippen molar-refractivity contribution in [3.05, 3.63) is 83.9 Å². The number of carbonyl (C=O) groups is 2. The van der Waals surface area contributed by atoms with Crippen molar-refractivity contribution in [2.75, 3.05) is 0 Å². The molecule has 0 saturated carbocycles. The Kier molecular flexibility index (Phi) is 4.03. The summed E-state index contributed by atoms with van der Waals surface area (Å²) in [6.07, 6.45) is 3.82. The second-order valence-electron chi connectivity index (χ2n) is 7.71. The lowest BCUT2D eigenvalue weighted by atomic mass is 9.79. The average Bonchev–Trinajstić information content (AvgIpc) is 2.95. The van der Waals surface area contributed by atoms with Gasteiger partial charge in [0.15, 0.2) is 5.78 Å². The quantitative estimate of drug-likeness (QED) is 0.833. The number of fused-ring (bicyclic) bond motifs is 1. The van der Waals surface area contributed by atoms with Crippen LogP contribution in [0.25, 0.3) is 0 Å². The monoisotopic (exact) mass is 345 g/mol. The van der Waals surface area contributed by atoms with Crippen molar-refractivity contribution in [3.63, 3.8) is 0 Å². The summed E-state index contributed by atoms with van der Waals surface area (Å²) in [5.41, 5.74) is 1.73. The highest BCUT2D eigenvalue weighted by Crippen LogP contribution is 2.51. The van der Waals surface area contributed by atoms with E-state index in [0.29, 0.717) is 6.42 Å². The molecule has 3 heteroatoms. The molecule has 2 aliphatic rings. The van der Waals surface area contributed by atoms with E-state index in [1.807, 2.05) is 47.4 Å². The fourth-order valence-electron chi connectivity index (χ4n) is 4.50. The summed E-state index contributed by atoms with van der Waals surface area (Å²) in [5, 5.41) is 0. The standard InChI is InChI=1S/C23H23NO2/c1-23(2,17-11-7-4-8-12-17)24-21(16-9-5-3-6-10-16)20-15-18(25)13-14-19(20)22(24)26/h3-14,19-21H,15H2,1-2H3/t19-,20+,21?/m1/s1. The zero-order valence-electron chi connectivity index (χ0n) is 15.1. The van der Waals surface area contributed by atoms with E-state index in [2.05, 4.69) is 38.1 Å². The van der Waals surface area contributed by atoms with E-state index in [4.69, 9.17) is 0 Å². The number of amides is 1. The van der Waals surface area contributed by atoms with Crippen LogP contribution in [0.3, 0.4) is 0 Å². The van der Waals surface area contributed by atoms with Crippen molar-refractivity contribution < 1.29 is 9.59 Å². The lowest BCUT2D eigenvalue weighted by Crippen LogP contribution is -2.44. The summed E-state index contributed by atoms with van der Waals surface area (Å²) in [7, 11) is 0. The van der Waals surface area contributed by atoms with Gasteiger partial charge in [-0.05, 0) is 31.1 Å². The second-order valence-corrected chi connectivity index (χ2v) is 7.71. The first-order valence-corrected chi connectivity index (χ1v) is 9.15. The van der Waals surface area contributed by atoms with Crippen LogP contribution in [0.5, 0.6) is 0 Å². The lowest BCUT2D eigenvalue weighted by Gasteiger charge is -2.41. The molecule has 132 valence electrons. The number of nitrogens with zero attached hydrogens (tertiary/aromatic N) is 1. The summed E-state index contributed by atoms with van der Waals surface area (Å²) in [5.74, 6) is -0.00733. The number of likely N-dealkylation sites (tertiary alicyclic amines) is 1. The largest absolute Gasteiger partial charge is 0.326 e. The lowest BCUT2D eigenvalue weighted by molar-refractivity contribution is -0.136. The second kappa shape index (κ2) is 6.24. The molecule has 0 aromatic heterocycles. The van der Waals surface area contributed by atoms with Crippen LogP contribution in [0.15, 0.2) is 72.8 Å². The zero-order valence-corrected chi connectivity index (χ0v) is 15.1. The minimum Gasteiger partial charge on any atom is -0.326 e. The number of ketones is 1. The molecule has 2 aromatic carbocycles. The number of rotatable bonds is 3. The van der Waals surface area contributed by atoms with Crippen LogP contribution in [0.4, 0.5) is 0 Å². The first-order valence-electron chi connectivity index (χ1n) is 9.15. The van der Waals surface area contributed by atoms with Crippen LogP contribution < -0.4 is 0 Å². The molecular formula is C23H23NO2. The molecule has 1 saturated heterocycles. The van der Waals surface area contributed by atoms with Crippen molar-refractivity contribution in [1.29, 1.82) is 0 Å². The molecule has 0 spiro atoms. The van der Waals surface area contributed by atoms with E-state index in [-0.39, 0.29) is 29.6 Å². The van der Waals surface area contributed by atoms with Gasteiger partial charge in [-0.3, -0.25) is 9.59 Å². The molecule has 0 bridgehead atoms. The highest BCUT2D eigenvalue weighted by Gasteiger charge is 2.53. The van der Waals surface area contributed by atoms with Gasteiger partial charge in [-0.1, -0.05) is 66.7 Å². The third-order valence-electron chi connectivity index (χ3n) is 5.82. The Labute approximate surface area is 154 Å². The van der Waals surface area contributed by atoms with Crippen molar-refractivity contribution in [2.24, 2.45) is 11.8 Å². The molecule has 1 amide bonds. The van der Waals surface area contributed by atoms with Crippen LogP contribution in [0.2, 0.25) is 0 Å². The molecule has 1 aliphatic carbocycles. The van der Waals surface area contributed by atoms with Crippen LogP contribution in [-0.2, 0) is 15.1 Å². The van der Waals surface area contributed by atoms with Crippen LogP contribution in [-0.4, -0.2) is 16.6 Å². The maximum atomic E-state index is 13.4. The Bertz CT molecular complexity index is 854. The predicted octanol–water partition coefficient (Wildman–Crippen LogP) is 4.27. The highest BCUT2D eigenvalue weighted by molar-refractivity contribution is 5.95. The molecule has 2 aromatic rings. The van der Waals surface area contributed by atoms with Gasteiger partial charge in [0.05, 0.1) is 17.5 Å². The van der Waals surface area contributed by atoms with Crippen molar-refractivity contribution >= 4 is 11.7 Å². The van der Waals surface area contributed by atoms with Crippen molar-refractivity contribution in [2.45, 2.75) is 31.8 Å². The molecule has 1 unspecified atom stereocenters. The fourth-order valence-corrected chi connectivity index (χ4v) is 4.50. The van der Waals surface area contributed by atoms with Gasteiger partial charge in [0.25, 0.3) is 0 Å². The van der Waals surface area contributed by atoms with E-state index < -0.39 is 5.54 Å². The number of hydrogen-bond acceptors (Lipinski definition) is 2. The van der Waals surface area contributed by atoms with E-state index in [1.54, 1.807) is 6.08 Å². The Morgan fingerprint density at radius 2 is 1.54 bits per heavy atom. The maximum Gasteiger partial charge on any atom is 0.231 e. The van der Waals surface area contributed by atoms with Gasteiger partial charge in [0, 0.05) is 12.3 Å². The van der Waals surface area contributed by atoms with Crippen LogP contribution >= 0.6 is 0 Å². The van der Waals surface area contributed by atoms with E-state index in [1.165, 1.54) is 0 Å². The predicted molar refractivity (Wildman–Crippen MR) is 101 cm³/mol. The first kappa shape index (κ1) is 16.8. The molecule has 4 rings (SSSR count). The minimum atomic E-state index is -0.465. The molecule has 1 fully saturated rings. The number of hydrogen-bond donors (Lipinski definition) is 0. The summed E-state index contributed by atoms with van der Waals surface area (Å²) < 4.78 is 0. The zero-order chi connectivity index (χ0) is 18.3. The molecule has 3 atom stereocenters. The normalized spacial score (nSPS) is 25.5. The summed E-state index contributed by atoms with van der Waals surface area (Å²) >= 11 is 0. The summed E-state index contributed by atoms with van der Waals surface area (Å²) in [6, 6.07) is 20.2. The van der Waals surface area contributed by atoms with Gasteiger partial charge >= 0.3 is 0 Å².